The topological polar surface area (TPSA) is 17.1 Å². The molecule has 0 bridgehead atoms. The van der Waals surface area contributed by atoms with Crippen molar-refractivity contribution in [2.24, 2.45) is 23.2 Å². The summed E-state index contributed by atoms with van der Waals surface area (Å²) in [6, 6.07) is 0. The number of allylic oxidation sites excluding steroid dienone is 1. The summed E-state index contributed by atoms with van der Waals surface area (Å²) >= 11 is 0. The van der Waals surface area contributed by atoms with Crippen LogP contribution in [-0.2, 0) is 4.79 Å². The van der Waals surface area contributed by atoms with Crippen LogP contribution >= 0.6 is 0 Å². The predicted molar refractivity (Wildman–Crippen MR) is 122 cm³/mol. The highest BCUT2D eigenvalue weighted by atomic mass is 16.1. The van der Waals surface area contributed by atoms with Gasteiger partial charge in [-0.25, -0.2) is 0 Å². The molecule has 27 heavy (non-hydrogen) atoms. The lowest BCUT2D eigenvalue weighted by molar-refractivity contribution is -0.126. The van der Waals surface area contributed by atoms with Gasteiger partial charge in [-0.2, -0.15) is 0 Å². The summed E-state index contributed by atoms with van der Waals surface area (Å²) in [5, 5.41) is 0. The molecule has 0 heterocycles. The van der Waals surface area contributed by atoms with E-state index in [0.29, 0.717) is 11.8 Å². The Morgan fingerprint density at radius 3 is 1.44 bits per heavy atom. The normalized spacial score (nSPS) is 13.3. The maximum Gasteiger partial charge on any atom is 0.160 e. The van der Waals surface area contributed by atoms with Crippen molar-refractivity contribution in [3.63, 3.8) is 0 Å². The number of hydrogen-bond acceptors (Lipinski definition) is 1. The van der Waals surface area contributed by atoms with Crippen molar-refractivity contribution in [2.75, 3.05) is 0 Å². The number of ketones is 1. The zero-order valence-corrected chi connectivity index (χ0v) is 19.6. The Labute approximate surface area is 171 Å². The molecule has 0 saturated carbocycles. The number of carbonyl (C=O) groups excluding carboxylic acids is 1. The quantitative estimate of drug-likeness (QED) is 0.172. The van der Waals surface area contributed by atoms with Crippen LogP contribution < -0.4 is 0 Å². The van der Waals surface area contributed by atoms with Crippen LogP contribution in [0.2, 0.25) is 0 Å². The average molecular weight is 379 g/mol. The summed E-state index contributed by atoms with van der Waals surface area (Å²) in [5.74, 6) is 2.07. The van der Waals surface area contributed by atoms with E-state index in [2.05, 4.69) is 48.1 Å². The van der Waals surface area contributed by atoms with Crippen LogP contribution in [0.15, 0.2) is 12.7 Å². The van der Waals surface area contributed by atoms with E-state index in [1.54, 1.807) is 0 Å². The molecule has 0 amide bonds. The first-order valence-electron chi connectivity index (χ1n) is 11.9. The van der Waals surface area contributed by atoms with Crippen molar-refractivity contribution in [1.29, 1.82) is 0 Å². The molecule has 0 aliphatic carbocycles. The molecule has 160 valence electrons. The van der Waals surface area contributed by atoms with E-state index in [1.165, 1.54) is 89.5 Å². The zero-order valence-electron chi connectivity index (χ0n) is 19.6. The largest absolute Gasteiger partial charge is 0.294 e. The monoisotopic (exact) mass is 378 g/mol. The van der Waals surface area contributed by atoms with E-state index in [0.717, 1.165) is 5.92 Å². The molecule has 0 fully saturated rings. The maximum absolute atomic E-state index is 12.2. The van der Waals surface area contributed by atoms with Crippen molar-refractivity contribution in [3.05, 3.63) is 12.7 Å². The highest BCUT2D eigenvalue weighted by Gasteiger charge is 2.36. The number of hydrogen-bond donors (Lipinski definition) is 0. The second-order valence-electron chi connectivity index (χ2n) is 10.0. The second kappa shape index (κ2) is 15.3. The first kappa shape index (κ1) is 26.4. The Hall–Kier alpha value is -0.590. The lowest BCUT2D eigenvalue weighted by Gasteiger charge is -2.35. The molecule has 1 atom stereocenters. The lowest BCUT2D eigenvalue weighted by atomic mass is 9.68. The molecule has 0 saturated heterocycles. The average Bonchev–Trinajstić information content (AvgIpc) is 2.60. The molecule has 0 rings (SSSR count). The van der Waals surface area contributed by atoms with Crippen LogP contribution in [-0.4, -0.2) is 5.78 Å². The molecule has 1 nitrogen and oxygen atoms in total. The van der Waals surface area contributed by atoms with E-state index in [4.69, 9.17) is 0 Å². The Kier molecular flexibility index (Phi) is 15.0. The van der Waals surface area contributed by atoms with Crippen LogP contribution in [0.3, 0.4) is 0 Å². The van der Waals surface area contributed by atoms with E-state index in [1.807, 2.05) is 0 Å². The zero-order chi connectivity index (χ0) is 20.7. The van der Waals surface area contributed by atoms with Gasteiger partial charge in [0.2, 0.25) is 0 Å². The van der Waals surface area contributed by atoms with Crippen molar-refractivity contribution >= 4 is 5.78 Å². The van der Waals surface area contributed by atoms with Gasteiger partial charge in [0.1, 0.15) is 0 Å². The molecule has 0 aromatic carbocycles. The first-order chi connectivity index (χ1) is 12.7. The molecule has 0 spiro atoms. The Morgan fingerprint density at radius 2 is 1.11 bits per heavy atom. The SMILES string of the molecule is C=CC(=O)C(C)(C)C(CCCCCCCCCCCCCC(C)C)C(C)C. The maximum atomic E-state index is 12.2. The van der Waals surface area contributed by atoms with Gasteiger partial charge < -0.3 is 0 Å². The molecule has 0 aliphatic rings. The van der Waals surface area contributed by atoms with Crippen LogP contribution in [0.25, 0.3) is 0 Å². The molecule has 0 aromatic heterocycles. The minimum Gasteiger partial charge on any atom is -0.294 e. The molecule has 1 heteroatoms. The molecular weight excluding hydrogens is 328 g/mol. The van der Waals surface area contributed by atoms with Gasteiger partial charge >= 0.3 is 0 Å². The van der Waals surface area contributed by atoms with Gasteiger partial charge in [0.05, 0.1) is 0 Å². The van der Waals surface area contributed by atoms with Crippen LogP contribution in [0, 0.1) is 23.2 Å². The molecular formula is C26H50O. The summed E-state index contributed by atoms with van der Waals surface area (Å²) in [7, 11) is 0. The highest BCUT2D eigenvalue weighted by Crippen LogP contribution is 2.37. The first-order valence-corrected chi connectivity index (χ1v) is 11.9. The molecule has 0 radical (unpaired) electrons. The fraction of sp³-hybridized carbons (Fsp3) is 0.885. The highest BCUT2D eigenvalue weighted by molar-refractivity contribution is 5.94. The Morgan fingerprint density at radius 1 is 0.741 bits per heavy atom. The van der Waals surface area contributed by atoms with Crippen LogP contribution in [0.4, 0.5) is 0 Å². The van der Waals surface area contributed by atoms with E-state index < -0.39 is 0 Å². The van der Waals surface area contributed by atoms with Gasteiger partial charge in [-0.05, 0) is 30.3 Å². The van der Waals surface area contributed by atoms with Crippen LogP contribution in [0.1, 0.15) is 125 Å². The fourth-order valence-corrected chi connectivity index (χ4v) is 4.48. The van der Waals surface area contributed by atoms with E-state index >= 15 is 0 Å². The van der Waals surface area contributed by atoms with Gasteiger partial charge in [-0.3, -0.25) is 4.79 Å². The van der Waals surface area contributed by atoms with Crippen LogP contribution in [0.5, 0.6) is 0 Å². The van der Waals surface area contributed by atoms with Gasteiger partial charge in [-0.1, -0.05) is 125 Å². The Bertz CT molecular complexity index is 378. The second-order valence-corrected chi connectivity index (χ2v) is 10.0. The van der Waals surface area contributed by atoms with Crippen molar-refractivity contribution in [2.45, 2.75) is 125 Å². The molecule has 0 aliphatic heterocycles. The van der Waals surface area contributed by atoms with E-state index in [9.17, 15) is 4.79 Å². The van der Waals surface area contributed by atoms with Crippen molar-refractivity contribution in [3.8, 4) is 0 Å². The molecule has 1 unspecified atom stereocenters. The standard InChI is InChI=1S/C26H50O/c1-8-25(27)26(6,7)24(23(4)5)21-19-17-15-13-11-9-10-12-14-16-18-20-22(2)3/h8,22-24H,1,9-21H2,2-7H3. The third-order valence-corrected chi connectivity index (χ3v) is 6.35. The van der Waals surface area contributed by atoms with E-state index in [-0.39, 0.29) is 11.2 Å². The molecule has 0 N–H and O–H groups in total. The van der Waals surface area contributed by atoms with Gasteiger partial charge in [0, 0.05) is 5.41 Å². The summed E-state index contributed by atoms with van der Waals surface area (Å²) in [6.45, 7) is 17.1. The van der Waals surface area contributed by atoms with Gasteiger partial charge in [-0.15, -0.1) is 0 Å². The fourth-order valence-electron chi connectivity index (χ4n) is 4.48. The summed E-state index contributed by atoms with van der Waals surface area (Å²) in [5.41, 5.74) is -0.273. The van der Waals surface area contributed by atoms with Crippen molar-refractivity contribution in [1.82, 2.24) is 0 Å². The van der Waals surface area contributed by atoms with Crippen molar-refractivity contribution < 1.29 is 4.79 Å². The lowest BCUT2D eigenvalue weighted by Crippen LogP contribution is -2.35. The van der Waals surface area contributed by atoms with Gasteiger partial charge in [0.15, 0.2) is 5.78 Å². The summed E-state index contributed by atoms with van der Waals surface area (Å²) in [6.07, 6.45) is 19.4. The summed E-state index contributed by atoms with van der Waals surface area (Å²) < 4.78 is 0. The molecule has 0 aromatic rings. The minimum absolute atomic E-state index is 0.199. The Balaban J connectivity index is 3.69. The predicted octanol–water partition coefficient (Wildman–Crippen LogP) is 8.77. The number of unbranched alkanes of at least 4 members (excludes halogenated alkanes) is 10. The third-order valence-electron chi connectivity index (χ3n) is 6.35. The number of carbonyl (C=O) groups is 1. The third kappa shape index (κ3) is 12.5. The minimum atomic E-state index is -0.273. The smallest absolute Gasteiger partial charge is 0.160 e. The number of rotatable bonds is 18. The summed E-state index contributed by atoms with van der Waals surface area (Å²) in [4.78, 5) is 12.2. The van der Waals surface area contributed by atoms with Gasteiger partial charge in [0.25, 0.3) is 0 Å².